The maximum atomic E-state index is 4.44. The van der Waals surface area contributed by atoms with Gasteiger partial charge in [-0.25, -0.2) is 19.9 Å². The highest BCUT2D eigenvalue weighted by molar-refractivity contribution is 7.99. The Bertz CT molecular complexity index is 731. The second-order valence-electron chi connectivity index (χ2n) is 4.80. The number of aryl methyl sites for hydroxylation is 3. The molecule has 0 aromatic carbocycles. The Morgan fingerprint density at radius 1 is 0.955 bits per heavy atom. The minimum atomic E-state index is 0.804. The van der Waals surface area contributed by atoms with E-state index in [1.54, 1.807) is 11.8 Å². The van der Waals surface area contributed by atoms with Crippen molar-refractivity contribution in [2.24, 2.45) is 0 Å². The maximum Gasteiger partial charge on any atom is 0.187 e. The summed E-state index contributed by atoms with van der Waals surface area (Å²) in [6, 6.07) is 0. The van der Waals surface area contributed by atoms with Crippen molar-refractivity contribution in [1.82, 2.24) is 29.1 Å². The predicted octanol–water partition coefficient (Wildman–Crippen LogP) is 2.66. The molecule has 0 N–H and O–H groups in total. The van der Waals surface area contributed by atoms with Gasteiger partial charge >= 0.3 is 0 Å². The molecule has 0 aliphatic rings. The quantitative estimate of drug-likeness (QED) is 0.517. The lowest BCUT2D eigenvalue weighted by Gasteiger charge is -2.09. The first-order chi connectivity index (χ1) is 10.8. The second-order valence-corrected chi connectivity index (χ2v) is 6.03. The van der Waals surface area contributed by atoms with Crippen molar-refractivity contribution < 1.29 is 0 Å². The zero-order valence-electron chi connectivity index (χ0n) is 12.7. The summed E-state index contributed by atoms with van der Waals surface area (Å²) in [5, 5.41) is 0.804. The molecule has 0 spiro atoms. The summed E-state index contributed by atoms with van der Waals surface area (Å²) in [5.41, 5.74) is 0.938. The van der Waals surface area contributed by atoms with Crippen LogP contribution in [-0.2, 0) is 13.1 Å². The molecule has 6 nitrogen and oxygen atoms in total. The highest BCUT2D eigenvalue weighted by Crippen LogP contribution is 2.18. The minimum Gasteiger partial charge on any atom is -0.333 e. The molecule has 114 valence electrons. The van der Waals surface area contributed by atoms with E-state index in [0.29, 0.717) is 0 Å². The first-order valence-corrected chi connectivity index (χ1v) is 8.20. The van der Waals surface area contributed by atoms with Crippen molar-refractivity contribution in [2.75, 3.05) is 5.75 Å². The van der Waals surface area contributed by atoms with Crippen molar-refractivity contribution >= 4 is 11.8 Å². The van der Waals surface area contributed by atoms with Gasteiger partial charge in [0.15, 0.2) is 5.16 Å². The number of thioether (sulfide) groups is 1. The average Bonchev–Trinajstić information content (AvgIpc) is 3.15. The molecule has 0 unspecified atom stereocenters. The molecule has 0 aliphatic heterocycles. The number of hydrogen-bond acceptors (Lipinski definition) is 5. The number of nitrogens with zero attached hydrogens (tertiary/aromatic N) is 6. The van der Waals surface area contributed by atoms with Gasteiger partial charge < -0.3 is 9.13 Å². The van der Waals surface area contributed by atoms with Crippen LogP contribution in [0.5, 0.6) is 0 Å². The van der Waals surface area contributed by atoms with E-state index in [1.807, 2.05) is 44.1 Å². The molecule has 0 radical (unpaired) electrons. The van der Waals surface area contributed by atoms with Crippen LogP contribution in [0.25, 0.3) is 11.4 Å². The van der Waals surface area contributed by atoms with Gasteiger partial charge in [0, 0.05) is 50.3 Å². The lowest BCUT2D eigenvalue weighted by atomic mass is 10.3. The normalized spacial score (nSPS) is 11.0. The first-order valence-electron chi connectivity index (χ1n) is 7.22. The van der Waals surface area contributed by atoms with Crippen molar-refractivity contribution in [2.45, 2.75) is 32.1 Å². The molecule has 0 fully saturated rings. The third kappa shape index (κ3) is 3.19. The van der Waals surface area contributed by atoms with Crippen LogP contribution in [0, 0.1) is 6.92 Å². The van der Waals surface area contributed by atoms with Gasteiger partial charge in [-0.2, -0.15) is 0 Å². The molecule has 22 heavy (non-hydrogen) atoms. The van der Waals surface area contributed by atoms with E-state index >= 15 is 0 Å². The van der Waals surface area contributed by atoms with Crippen LogP contribution in [0.3, 0.4) is 0 Å². The van der Waals surface area contributed by atoms with Crippen LogP contribution in [0.15, 0.2) is 42.3 Å². The molecule has 0 atom stereocenters. The van der Waals surface area contributed by atoms with Crippen LogP contribution >= 0.6 is 11.8 Å². The number of imidazole rings is 2. The molecule has 0 bridgehead atoms. The van der Waals surface area contributed by atoms with Gasteiger partial charge in [0.25, 0.3) is 0 Å². The average molecular weight is 314 g/mol. The van der Waals surface area contributed by atoms with Crippen molar-refractivity contribution in [3.8, 4) is 11.4 Å². The zero-order valence-corrected chi connectivity index (χ0v) is 13.5. The Morgan fingerprint density at radius 2 is 1.64 bits per heavy atom. The molecule has 0 saturated heterocycles. The summed E-state index contributed by atoms with van der Waals surface area (Å²) in [6.07, 6.45) is 11.3. The SMILES string of the molecule is CCSc1ncc(-c2nccn2CCn2ccnc2C)cn1. The van der Waals surface area contributed by atoms with E-state index in [2.05, 4.69) is 36.0 Å². The lowest BCUT2D eigenvalue weighted by molar-refractivity contribution is 0.571. The highest BCUT2D eigenvalue weighted by atomic mass is 32.2. The van der Waals surface area contributed by atoms with Gasteiger partial charge in [0.1, 0.15) is 11.6 Å². The van der Waals surface area contributed by atoms with E-state index in [9.17, 15) is 0 Å². The van der Waals surface area contributed by atoms with Gasteiger partial charge in [0.2, 0.25) is 0 Å². The fourth-order valence-electron chi connectivity index (χ4n) is 2.24. The van der Waals surface area contributed by atoms with Crippen LogP contribution in [-0.4, -0.2) is 34.8 Å². The second kappa shape index (κ2) is 6.74. The molecule has 3 heterocycles. The Labute approximate surface area is 133 Å². The van der Waals surface area contributed by atoms with Crippen LogP contribution in [0.4, 0.5) is 0 Å². The summed E-state index contributed by atoms with van der Waals surface area (Å²) >= 11 is 1.64. The van der Waals surface area contributed by atoms with E-state index in [-0.39, 0.29) is 0 Å². The molecule has 3 aromatic rings. The van der Waals surface area contributed by atoms with Gasteiger partial charge in [-0.1, -0.05) is 18.7 Å². The summed E-state index contributed by atoms with van der Waals surface area (Å²) in [6.45, 7) is 5.79. The monoisotopic (exact) mass is 314 g/mol. The maximum absolute atomic E-state index is 4.44. The van der Waals surface area contributed by atoms with E-state index < -0.39 is 0 Å². The smallest absolute Gasteiger partial charge is 0.187 e. The summed E-state index contributed by atoms with van der Waals surface area (Å²) in [5.74, 6) is 2.88. The van der Waals surface area contributed by atoms with E-state index in [0.717, 1.165) is 41.2 Å². The van der Waals surface area contributed by atoms with E-state index in [1.165, 1.54) is 0 Å². The van der Waals surface area contributed by atoms with Crippen molar-refractivity contribution in [3.05, 3.63) is 43.0 Å². The third-order valence-corrected chi connectivity index (χ3v) is 4.14. The molecule has 0 saturated carbocycles. The summed E-state index contributed by atoms with van der Waals surface area (Å²) in [4.78, 5) is 17.4. The molecule has 3 aromatic heterocycles. The number of aromatic nitrogens is 6. The lowest BCUT2D eigenvalue weighted by Crippen LogP contribution is -2.08. The van der Waals surface area contributed by atoms with E-state index in [4.69, 9.17) is 0 Å². The number of rotatable bonds is 6. The highest BCUT2D eigenvalue weighted by Gasteiger charge is 2.08. The molecule has 0 aliphatic carbocycles. The molecular formula is C15H18N6S. The number of hydrogen-bond donors (Lipinski definition) is 0. The Morgan fingerprint density at radius 3 is 2.32 bits per heavy atom. The Hall–Kier alpha value is -2.15. The summed E-state index contributed by atoms with van der Waals surface area (Å²) in [7, 11) is 0. The largest absolute Gasteiger partial charge is 0.333 e. The topological polar surface area (TPSA) is 61.4 Å². The van der Waals surface area contributed by atoms with Gasteiger partial charge in [0.05, 0.1) is 5.56 Å². The van der Waals surface area contributed by atoms with Gasteiger partial charge in [-0.3, -0.25) is 0 Å². The fraction of sp³-hybridized carbons (Fsp3) is 0.333. The van der Waals surface area contributed by atoms with Crippen molar-refractivity contribution in [3.63, 3.8) is 0 Å². The van der Waals surface area contributed by atoms with Crippen LogP contribution < -0.4 is 0 Å². The van der Waals surface area contributed by atoms with Gasteiger partial charge in [-0.15, -0.1) is 0 Å². The van der Waals surface area contributed by atoms with Crippen LogP contribution in [0.2, 0.25) is 0 Å². The summed E-state index contributed by atoms with van der Waals surface area (Å²) < 4.78 is 4.24. The van der Waals surface area contributed by atoms with Crippen molar-refractivity contribution in [1.29, 1.82) is 0 Å². The van der Waals surface area contributed by atoms with Crippen LogP contribution in [0.1, 0.15) is 12.7 Å². The molecule has 3 rings (SSSR count). The molecular weight excluding hydrogens is 296 g/mol. The Kier molecular flexibility index (Phi) is 4.53. The third-order valence-electron chi connectivity index (χ3n) is 3.38. The predicted molar refractivity (Wildman–Crippen MR) is 86.6 cm³/mol. The standard InChI is InChI=1S/C15H18N6S/c1-3-22-15-18-10-13(11-19-15)14-17-5-7-21(14)9-8-20-6-4-16-12(20)2/h4-7,10-11H,3,8-9H2,1-2H3. The first kappa shape index (κ1) is 14.8. The zero-order chi connectivity index (χ0) is 15.4. The van der Waals surface area contributed by atoms with Gasteiger partial charge in [-0.05, 0) is 12.7 Å². The Balaban J connectivity index is 1.75. The molecule has 0 amide bonds. The molecule has 7 heteroatoms. The fourth-order valence-corrected chi connectivity index (χ4v) is 2.75. The minimum absolute atomic E-state index is 0.804.